The molecule has 2 atom stereocenters. The van der Waals surface area contributed by atoms with Crippen LogP contribution in [0.3, 0.4) is 0 Å². The van der Waals surface area contributed by atoms with Crippen LogP contribution in [0.2, 0.25) is 5.82 Å². The third kappa shape index (κ3) is 3.76. The average molecular weight is 284 g/mol. The second-order valence-electron chi connectivity index (χ2n) is 7.30. The molecule has 0 aromatic carbocycles. The SMILES string of the molecule is CC(C)COC(=O)[C@@H](C)[C@H](C)B1OC(C)(C)C(C)(C)O1. The summed E-state index contributed by atoms with van der Waals surface area (Å²) in [6, 6.07) is 0. The third-order valence-electron chi connectivity index (χ3n) is 4.42. The van der Waals surface area contributed by atoms with Crippen molar-refractivity contribution in [1.29, 1.82) is 0 Å². The molecule has 0 bridgehead atoms. The van der Waals surface area contributed by atoms with E-state index in [1.165, 1.54) is 0 Å². The Morgan fingerprint density at radius 3 is 1.90 bits per heavy atom. The molecular weight excluding hydrogens is 255 g/mol. The fourth-order valence-corrected chi connectivity index (χ4v) is 1.93. The van der Waals surface area contributed by atoms with E-state index >= 15 is 0 Å². The van der Waals surface area contributed by atoms with Gasteiger partial charge in [0.2, 0.25) is 0 Å². The molecule has 1 rings (SSSR count). The summed E-state index contributed by atoms with van der Waals surface area (Å²) in [5.74, 6) is -0.127. The highest BCUT2D eigenvalue weighted by molar-refractivity contribution is 6.47. The van der Waals surface area contributed by atoms with Crippen molar-refractivity contribution in [3.05, 3.63) is 0 Å². The lowest BCUT2D eigenvalue weighted by Crippen LogP contribution is -2.41. The summed E-state index contributed by atoms with van der Waals surface area (Å²) >= 11 is 0. The maximum absolute atomic E-state index is 12.0. The van der Waals surface area contributed by atoms with E-state index < -0.39 is 0 Å². The summed E-state index contributed by atoms with van der Waals surface area (Å²) in [5, 5.41) is 0. The standard InChI is InChI=1S/C15H29BO4/c1-10(2)9-18-13(17)11(3)12(4)16-19-14(5,6)15(7,8)20-16/h10-12H,9H2,1-8H3/t11-,12-/m0/s1. The van der Waals surface area contributed by atoms with Gasteiger partial charge in [0.15, 0.2) is 0 Å². The van der Waals surface area contributed by atoms with Crippen LogP contribution in [-0.2, 0) is 18.8 Å². The first-order valence-corrected chi connectivity index (χ1v) is 7.50. The van der Waals surface area contributed by atoms with Gasteiger partial charge < -0.3 is 14.0 Å². The lowest BCUT2D eigenvalue weighted by Gasteiger charge is -2.32. The van der Waals surface area contributed by atoms with Crippen LogP contribution >= 0.6 is 0 Å². The van der Waals surface area contributed by atoms with Crippen LogP contribution in [0, 0.1) is 11.8 Å². The predicted octanol–water partition coefficient (Wildman–Crippen LogP) is 3.30. The van der Waals surface area contributed by atoms with E-state index in [9.17, 15) is 4.79 Å². The Balaban J connectivity index is 2.62. The topological polar surface area (TPSA) is 44.8 Å². The van der Waals surface area contributed by atoms with Gasteiger partial charge in [-0.15, -0.1) is 0 Å². The van der Waals surface area contributed by atoms with Gasteiger partial charge in [0.25, 0.3) is 0 Å². The number of hydrogen-bond acceptors (Lipinski definition) is 4. The van der Waals surface area contributed by atoms with Gasteiger partial charge in [-0.2, -0.15) is 0 Å². The molecule has 0 aromatic rings. The fourth-order valence-electron chi connectivity index (χ4n) is 1.93. The molecule has 0 aliphatic carbocycles. The highest BCUT2D eigenvalue weighted by Crippen LogP contribution is 2.41. The first-order valence-electron chi connectivity index (χ1n) is 7.50. The molecule has 1 fully saturated rings. The van der Waals surface area contributed by atoms with Gasteiger partial charge in [-0.25, -0.2) is 0 Å². The van der Waals surface area contributed by atoms with E-state index in [0.717, 1.165) is 0 Å². The zero-order chi connectivity index (χ0) is 15.7. The van der Waals surface area contributed by atoms with Crippen LogP contribution in [0.15, 0.2) is 0 Å². The number of ether oxygens (including phenoxy) is 1. The summed E-state index contributed by atoms with van der Waals surface area (Å²) in [6.07, 6.45) is 0. The summed E-state index contributed by atoms with van der Waals surface area (Å²) in [4.78, 5) is 12.0. The first-order chi connectivity index (χ1) is 8.98. The van der Waals surface area contributed by atoms with E-state index in [1.54, 1.807) is 0 Å². The number of esters is 1. The normalized spacial score (nSPS) is 23.8. The molecule has 1 heterocycles. The molecule has 20 heavy (non-hydrogen) atoms. The second-order valence-corrected chi connectivity index (χ2v) is 7.30. The molecule has 0 aromatic heterocycles. The quantitative estimate of drug-likeness (QED) is 0.574. The molecule has 1 aliphatic heterocycles. The van der Waals surface area contributed by atoms with Gasteiger partial charge in [0.05, 0.1) is 23.7 Å². The van der Waals surface area contributed by atoms with E-state index in [0.29, 0.717) is 12.5 Å². The van der Waals surface area contributed by atoms with Gasteiger partial charge in [-0.1, -0.05) is 27.7 Å². The minimum atomic E-state index is -0.374. The minimum Gasteiger partial charge on any atom is -0.465 e. The molecule has 0 radical (unpaired) electrons. The van der Waals surface area contributed by atoms with Crippen molar-refractivity contribution in [2.75, 3.05) is 6.61 Å². The molecule has 1 saturated heterocycles. The smallest absolute Gasteiger partial charge is 0.461 e. The molecule has 0 N–H and O–H groups in total. The van der Waals surface area contributed by atoms with Crippen LogP contribution in [0.25, 0.3) is 0 Å². The molecule has 0 amide bonds. The fraction of sp³-hybridized carbons (Fsp3) is 0.933. The Kier molecular flexibility index (Phi) is 5.31. The monoisotopic (exact) mass is 284 g/mol. The Morgan fingerprint density at radius 2 is 1.50 bits per heavy atom. The molecule has 0 spiro atoms. The summed E-state index contributed by atoms with van der Waals surface area (Å²) in [7, 11) is -0.374. The first kappa shape index (κ1) is 17.5. The van der Waals surface area contributed by atoms with E-state index in [-0.39, 0.29) is 36.0 Å². The van der Waals surface area contributed by atoms with Crippen molar-refractivity contribution < 1.29 is 18.8 Å². The van der Waals surface area contributed by atoms with E-state index in [1.807, 2.05) is 55.4 Å². The highest BCUT2D eigenvalue weighted by atomic mass is 16.7. The zero-order valence-corrected chi connectivity index (χ0v) is 14.1. The second kappa shape index (κ2) is 6.06. The van der Waals surface area contributed by atoms with E-state index in [2.05, 4.69) is 0 Å². The predicted molar refractivity (Wildman–Crippen MR) is 80.5 cm³/mol. The van der Waals surface area contributed by atoms with Crippen LogP contribution < -0.4 is 0 Å². The number of carbonyl (C=O) groups excluding carboxylic acids is 1. The van der Waals surface area contributed by atoms with Crippen molar-refractivity contribution in [2.45, 2.75) is 72.4 Å². The molecular formula is C15H29BO4. The molecule has 4 nitrogen and oxygen atoms in total. The zero-order valence-electron chi connectivity index (χ0n) is 14.1. The Hall–Kier alpha value is -0.545. The molecule has 0 unspecified atom stereocenters. The van der Waals surface area contributed by atoms with Gasteiger partial charge in [-0.3, -0.25) is 4.79 Å². The molecule has 0 saturated carbocycles. The number of hydrogen-bond donors (Lipinski definition) is 0. The van der Waals surface area contributed by atoms with Crippen LogP contribution in [0.5, 0.6) is 0 Å². The van der Waals surface area contributed by atoms with Gasteiger partial charge in [0.1, 0.15) is 0 Å². The van der Waals surface area contributed by atoms with Crippen molar-refractivity contribution >= 4 is 13.1 Å². The van der Waals surface area contributed by atoms with Crippen LogP contribution in [0.1, 0.15) is 55.4 Å². The van der Waals surface area contributed by atoms with Crippen molar-refractivity contribution in [3.63, 3.8) is 0 Å². The summed E-state index contributed by atoms with van der Waals surface area (Å²) in [5.41, 5.74) is -0.735. The minimum absolute atomic E-state index is 0.0456. The maximum atomic E-state index is 12.0. The van der Waals surface area contributed by atoms with Crippen LogP contribution in [-0.4, -0.2) is 30.9 Å². The Morgan fingerprint density at radius 1 is 1.05 bits per heavy atom. The summed E-state index contributed by atoms with van der Waals surface area (Å²) in [6.45, 7) is 16.4. The Labute approximate surface area is 123 Å². The molecule has 116 valence electrons. The highest BCUT2D eigenvalue weighted by Gasteiger charge is 2.54. The van der Waals surface area contributed by atoms with Crippen molar-refractivity contribution in [2.24, 2.45) is 11.8 Å². The largest absolute Gasteiger partial charge is 0.465 e. The third-order valence-corrected chi connectivity index (χ3v) is 4.42. The van der Waals surface area contributed by atoms with Gasteiger partial charge in [0, 0.05) is 5.82 Å². The average Bonchev–Trinajstić information content (AvgIpc) is 2.53. The van der Waals surface area contributed by atoms with Crippen molar-refractivity contribution in [1.82, 2.24) is 0 Å². The van der Waals surface area contributed by atoms with Crippen LogP contribution in [0.4, 0.5) is 0 Å². The van der Waals surface area contributed by atoms with E-state index in [4.69, 9.17) is 14.0 Å². The molecule has 1 aliphatic rings. The lowest BCUT2D eigenvalue weighted by atomic mass is 9.66. The van der Waals surface area contributed by atoms with Gasteiger partial charge >= 0.3 is 13.1 Å². The molecule has 5 heteroatoms. The lowest BCUT2D eigenvalue weighted by molar-refractivity contribution is -0.149. The maximum Gasteiger partial charge on any atom is 0.461 e. The number of rotatable bonds is 5. The summed E-state index contributed by atoms with van der Waals surface area (Å²) < 4.78 is 17.3. The number of carbonyl (C=O) groups is 1. The van der Waals surface area contributed by atoms with Gasteiger partial charge in [-0.05, 0) is 33.6 Å². The Bertz CT molecular complexity index is 336. The van der Waals surface area contributed by atoms with Crippen molar-refractivity contribution in [3.8, 4) is 0 Å².